The Hall–Kier alpha value is -1.26. The standard InChI is InChI=1S/C14H21N3O/c1-16-5-7-17(8-6-16)13-3-2-4-14-12(13)9-11(15)10-18-14/h2-4,11H,5-10,15H2,1H3/t11-/m1/s1. The normalized spacial score (nSPS) is 24.6. The van der Waals surface area contributed by atoms with Gasteiger partial charge < -0.3 is 20.3 Å². The molecule has 1 fully saturated rings. The van der Waals surface area contributed by atoms with E-state index in [0.29, 0.717) is 6.61 Å². The smallest absolute Gasteiger partial charge is 0.124 e. The van der Waals surface area contributed by atoms with Crippen molar-refractivity contribution in [1.29, 1.82) is 0 Å². The van der Waals surface area contributed by atoms with E-state index in [1.807, 2.05) is 0 Å². The molecule has 2 N–H and O–H groups in total. The summed E-state index contributed by atoms with van der Waals surface area (Å²) in [6.45, 7) is 5.05. The van der Waals surface area contributed by atoms with E-state index in [2.05, 4.69) is 35.0 Å². The van der Waals surface area contributed by atoms with Gasteiger partial charge in [-0.2, -0.15) is 0 Å². The molecule has 1 aromatic rings. The number of hydrogen-bond donors (Lipinski definition) is 1. The van der Waals surface area contributed by atoms with E-state index in [4.69, 9.17) is 10.5 Å². The molecule has 2 aliphatic heterocycles. The van der Waals surface area contributed by atoms with Gasteiger partial charge in [0.15, 0.2) is 0 Å². The highest BCUT2D eigenvalue weighted by Crippen LogP contribution is 2.33. The Labute approximate surface area is 108 Å². The molecule has 4 heteroatoms. The Morgan fingerprint density at radius 1 is 1.22 bits per heavy atom. The number of hydrogen-bond acceptors (Lipinski definition) is 4. The van der Waals surface area contributed by atoms with Crippen LogP contribution >= 0.6 is 0 Å². The van der Waals surface area contributed by atoms with Crippen molar-refractivity contribution in [3.63, 3.8) is 0 Å². The number of rotatable bonds is 1. The quantitative estimate of drug-likeness (QED) is 0.793. The molecule has 0 spiro atoms. The third kappa shape index (κ3) is 2.18. The van der Waals surface area contributed by atoms with E-state index in [9.17, 15) is 0 Å². The van der Waals surface area contributed by atoms with Crippen LogP contribution in [0.2, 0.25) is 0 Å². The second-order valence-electron chi connectivity index (χ2n) is 5.32. The maximum atomic E-state index is 6.02. The third-order valence-corrected chi connectivity index (χ3v) is 3.87. The molecule has 1 saturated heterocycles. The highest BCUT2D eigenvalue weighted by Gasteiger charge is 2.23. The highest BCUT2D eigenvalue weighted by molar-refractivity contribution is 5.60. The van der Waals surface area contributed by atoms with Gasteiger partial charge in [0.2, 0.25) is 0 Å². The number of anilines is 1. The summed E-state index contributed by atoms with van der Waals surface area (Å²) >= 11 is 0. The van der Waals surface area contributed by atoms with Gasteiger partial charge in [-0.15, -0.1) is 0 Å². The SMILES string of the molecule is CN1CCN(c2cccc3c2C[C@@H](N)CO3)CC1. The number of likely N-dealkylation sites (N-methyl/N-ethyl adjacent to an activating group) is 1. The van der Waals surface area contributed by atoms with Crippen molar-refractivity contribution in [3.8, 4) is 5.75 Å². The summed E-state index contributed by atoms with van der Waals surface area (Å²) in [5.74, 6) is 1.02. The lowest BCUT2D eigenvalue weighted by Crippen LogP contribution is -2.45. The maximum Gasteiger partial charge on any atom is 0.124 e. The molecule has 98 valence electrons. The van der Waals surface area contributed by atoms with Crippen LogP contribution < -0.4 is 15.4 Å². The number of ether oxygens (including phenoxy) is 1. The summed E-state index contributed by atoms with van der Waals surface area (Å²) in [5, 5.41) is 0. The van der Waals surface area contributed by atoms with Gasteiger partial charge in [-0.1, -0.05) is 6.07 Å². The number of nitrogens with zero attached hydrogens (tertiary/aromatic N) is 2. The lowest BCUT2D eigenvalue weighted by Gasteiger charge is -2.36. The van der Waals surface area contributed by atoms with Crippen LogP contribution in [0.1, 0.15) is 5.56 Å². The second-order valence-corrected chi connectivity index (χ2v) is 5.32. The summed E-state index contributed by atoms with van der Waals surface area (Å²) in [6, 6.07) is 6.47. The molecule has 0 saturated carbocycles. The fraction of sp³-hybridized carbons (Fsp3) is 0.571. The average Bonchev–Trinajstić information content (AvgIpc) is 2.39. The molecule has 0 aromatic heterocycles. The van der Waals surface area contributed by atoms with Gasteiger partial charge in [0, 0.05) is 43.5 Å². The summed E-state index contributed by atoms with van der Waals surface area (Å²) in [4.78, 5) is 4.83. The molecule has 4 nitrogen and oxygen atoms in total. The molecule has 0 amide bonds. The molecule has 1 atom stereocenters. The molecule has 0 bridgehead atoms. The van der Waals surface area contributed by atoms with Gasteiger partial charge in [0.05, 0.1) is 0 Å². The fourth-order valence-corrected chi connectivity index (χ4v) is 2.76. The van der Waals surface area contributed by atoms with E-state index >= 15 is 0 Å². The summed E-state index contributed by atoms with van der Waals surface area (Å²) in [7, 11) is 2.18. The molecule has 0 aliphatic carbocycles. The van der Waals surface area contributed by atoms with Gasteiger partial charge in [-0.05, 0) is 25.6 Å². The van der Waals surface area contributed by atoms with E-state index in [1.54, 1.807) is 0 Å². The lowest BCUT2D eigenvalue weighted by molar-refractivity contribution is 0.263. The van der Waals surface area contributed by atoms with Crippen molar-refractivity contribution in [2.24, 2.45) is 5.73 Å². The predicted molar refractivity (Wildman–Crippen MR) is 73.3 cm³/mol. The van der Waals surface area contributed by atoms with E-state index < -0.39 is 0 Å². The minimum absolute atomic E-state index is 0.131. The number of fused-ring (bicyclic) bond motifs is 1. The summed E-state index contributed by atoms with van der Waals surface area (Å²) in [5.41, 5.74) is 8.63. The Balaban J connectivity index is 1.88. The van der Waals surface area contributed by atoms with Crippen LogP contribution in [0.4, 0.5) is 5.69 Å². The van der Waals surface area contributed by atoms with E-state index in [1.165, 1.54) is 11.3 Å². The second kappa shape index (κ2) is 4.78. The Morgan fingerprint density at radius 3 is 2.78 bits per heavy atom. The van der Waals surface area contributed by atoms with Crippen molar-refractivity contribution >= 4 is 5.69 Å². The van der Waals surface area contributed by atoms with Gasteiger partial charge >= 0.3 is 0 Å². The van der Waals surface area contributed by atoms with E-state index in [-0.39, 0.29) is 6.04 Å². The molecule has 2 aliphatic rings. The zero-order valence-electron chi connectivity index (χ0n) is 10.9. The summed E-state index contributed by atoms with van der Waals surface area (Å²) in [6.07, 6.45) is 0.928. The highest BCUT2D eigenvalue weighted by atomic mass is 16.5. The Kier molecular flexibility index (Phi) is 3.14. The number of benzene rings is 1. The zero-order valence-corrected chi connectivity index (χ0v) is 10.9. The van der Waals surface area contributed by atoms with Crippen LogP contribution in [-0.2, 0) is 6.42 Å². The minimum atomic E-state index is 0.131. The maximum absolute atomic E-state index is 6.02. The fourth-order valence-electron chi connectivity index (χ4n) is 2.76. The Bertz CT molecular complexity index is 427. The van der Waals surface area contributed by atoms with Gasteiger partial charge in [0.1, 0.15) is 12.4 Å². The van der Waals surface area contributed by atoms with Gasteiger partial charge in [-0.25, -0.2) is 0 Å². The van der Waals surface area contributed by atoms with Crippen molar-refractivity contribution in [1.82, 2.24) is 4.90 Å². The largest absolute Gasteiger partial charge is 0.492 e. The lowest BCUT2D eigenvalue weighted by atomic mass is 10.00. The first-order chi connectivity index (χ1) is 8.74. The predicted octanol–water partition coefficient (Wildman–Crippen LogP) is 0.701. The molecule has 0 unspecified atom stereocenters. The number of nitrogens with two attached hydrogens (primary N) is 1. The molecule has 0 radical (unpaired) electrons. The van der Waals surface area contributed by atoms with Crippen molar-refractivity contribution in [2.75, 3.05) is 44.7 Å². The van der Waals surface area contributed by atoms with Crippen molar-refractivity contribution in [3.05, 3.63) is 23.8 Å². The van der Waals surface area contributed by atoms with Crippen LogP contribution in [0.5, 0.6) is 5.75 Å². The molecule has 2 heterocycles. The molecule has 18 heavy (non-hydrogen) atoms. The first-order valence-electron chi connectivity index (χ1n) is 6.68. The third-order valence-electron chi connectivity index (χ3n) is 3.87. The number of piperazine rings is 1. The molecular weight excluding hydrogens is 226 g/mol. The van der Waals surface area contributed by atoms with Crippen molar-refractivity contribution in [2.45, 2.75) is 12.5 Å². The van der Waals surface area contributed by atoms with Crippen LogP contribution in [0.3, 0.4) is 0 Å². The summed E-state index contributed by atoms with van der Waals surface area (Å²) < 4.78 is 5.73. The van der Waals surface area contributed by atoms with Crippen LogP contribution in [0.15, 0.2) is 18.2 Å². The first-order valence-corrected chi connectivity index (χ1v) is 6.68. The van der Waals surface area contributed by atoms with Crippen molar-refractivity contribution < 1.29 is 4.74 Å². The Morgan fingerprint density at radius 2 is 2.00 bits per heavy atom. The van der Waals surface area contributed by atoms with Gasteiger partial charge in [0.25, 0.3) is 0 Å². The average molecular weight is 247 g/mol. The minimum Gasteiger partial charge on any atom is -0.492 e. The van der Waals surface area contributed by atoms with Crippen LogP contribution in [0.25, 0.3) is 0 Å². The van der Waals surface area contributed by atoms with Gasteiger partial charge in [-0.3, -0.25) is 0 Å². The zero-order chi connectivity index (χ0) is 12.5. The molecule has 3 rings (SSSR count). The van der Waals surface area contributed by atoms with Crippen LogP contribution in [-0.4, -0.2) is 50.8 Å². The molecular formula is C14H21N3O. The van der Waals surface area contributed by atoms with E-state index in [0.717, 1.165) is 38.3 Å². The van der Waals surface area contributed by atoms with Crippen LogP contribution in [0, 0.1) is 0 Å². The first kappa shape index (κ1) is 11.8. The topological polar surface area (TPSA) is 41.7 Å². The molecule has 1 aromatic carbocycles. The monoisotopic (exact) mass is 247 g/mol.